The van der Waals surface area contributed by atoms with Crippen LogP contribution in [0.5, 0.6) is 5.75 Å². The lowest BCUT2D eigenvalue weighted by Crippen LogP contribution is -2.57. The molecule has 1 heterocycles. The highest BCUT2D eigenvalue weighted by Crippen LogP contribution is 2.26. The number of hydrogen-bond donors (Lipinski definition) is 2. The van der Waals surface area contributed by atoms with Crippen LogP contribution in [0.2, 0.25) is 5.02 Å². The second-order valence-corrected chi connectivity index (χ2v) is 6.86. The van der Waals surface area contributed by atoms with Crippen molar-refractivity contribution < 1.29 is 5.11 Å². The van der Waals surface area contributed by atoms with Crippen LogP contribution in [0.15, 0.2) is 18.2 Å². The number of piperazine rings is 1. The lowest BCUT2D eigenvalue weighted by molar-refractivity contribution is 0.0617. The second-order valence-electron chi connectivity index (χ2n) is 6.45. The number of benzene rings is 1. The zero-order chi connectivity index (χ0) is 15.5. The quantitative estimate of drug-likeness (QED) is 0.874. The smallest absolute Gasteiger partial charge is 0.138 e. The molecule has 1 fully saturated rings. The van der Waals surface area contributed by atoms with Gasteiger partial charge in [-0.15, -0.1) is 0 Å². The molecule has 0 aromatic heterocycles. The molecular weight excluding hydrogens is 286 g/mol. The number of phenols is 1. The van der Waals surface area contributed by atoms with E-state index in [-0.39, 0.29) is 11.3 Å². The molecule has 2 rings (SSSR count). The standard InChI is InChI=1S/C16H26ClN3O/c1-16(2,20-9-7-19(3)8-10-20)12-18-11-13-5-4-6-14(17)15(13)21/h4-6,18,21H,7-12H2,1-3H3. The Morgan fingerprint density at radius 2 is 1.90 bits per heavy atom. The van der Waals surface area contributed by atoms with E-state index in [1.807, 2.05) is 12.1 Å². The van der Waals surface area contributed by atoms with E-state index in [0.29, 0.717) is 11.6 Å². The van der Waals surface area contributed by atoms with Crippen LogP contribution in [-0.2, 0) is 6.54 Å². The molecule has 4 nitrogen and oxygen atoms in total. The maximum Gasteiger partial charge on any atom is 0.138 e. The molecule has 0 bridgehead atoms. The number of likely N-dealkylation sites (N-methyl/N-ethyl adjacent to an activating group) is 1. The summed E-state index contributed by atoms with van der Waals surface area (Å²) in [6.45, 7) is 10.5. The first-order valence-corrected chi connectivity index (χ1v) is 7.88. The van der Waals surface area contributed by atoms with Crippen molar-refractivity contribution in [2.45, 2.75) is 25.9 Å². The molecule has 0 amide bonds. The zero-order valence-corrected chi connectivity index (χ0v) is 14.0. The van der Waals surface area contributed by atoms with Crippen molar-refractivity contribution >= 4 is 11.6 Å². The zero-order valence-electron chi connectivity index (χ0n) is 13.2. The fraction of sp³-hybridized carbons (Fsp3) is 0.625. The Balaban J connectivity index is 1.85. The van der Waals surface area contributed by atoms with E-state index in [1.54, 1.807) is 6.07 Å². The first-order chi connectivity index (χ1) is 9.90. The summed E-state index contributed by atoms with van der Waals surface area (Å²) >= 11 is 5.93. The van der Waals surface area contributed by atoms with Gasteiger partial charge in [-0.25, -0.2) is 0 Å². The van der Waals surface area contributed by atoms with Crippen molar-refractivity contribution in [2.24, 2.45) is 0 Å². The van der Waals surface area contributed by atoms with Gasteiger partial charge in [-0.3, -0.25) is 4.90 Å². The van der Waals surface area contributed by atoms with Crippen LogP contribution in [0.4, 0.5) is 0 Å². The van der Waals surface area contributed by atoms with Gasteiger partial charge in [-0.1, -0.05) is 23.7 Å². The van der Waals surface area contributed by atoms with Crippen LogP contribution in [0.1, 0.15) is 19.4 Å². The van der Waals surface area contributed by atoms with Gasteiger partial charge in [0.1, 0.15) is 5.75 Å². The average molecular weight is 312 g/mol. The van der Waals surface area contributed by atoms with Crippen LogP contribution >= 0.6 is 11.6 Å². The fourth-order valence-electron chi connectivity index (χ4n) is 2.73. The van der Waals surface area contributed by atoms with E-state index in [2.05, 4.69) is 36.0 Å². The van der Waals surface area contributed by atoms with Gasteiger partial charge >= 0.3 is 0 Å². The first kappa shape index (κ1) is 16.6. The summed E-state index contributed by atoms with van der Waals surface area (Å²) in [6.07, 6.45) is 0. The van der Waals surface area contributed by atoms with Crippen molar-refractivity contribution in [2.75, 3.05) is 39.8 Å². The molecule has 1 saturated heterocycles. The highest BCUT2D eigenvalue weighted by Gasteiger charge is 2.28. The maximum atomic E-state index is 9.92. The average Bonchev–Trinajstić information content (AvgIpc) is 2.44. The van der Waals surface area contributed by atoms with Gasteiger partial charge < -0.3 is 15.3 Å². The molecule has 0 spiro atoms. The molecular formula is C16H26ClN3O. The van der Waals surface area contributed by atoms with Gasteiger partial charge in [0.05, 0.1) is 5.02 Å². The second kappa shape index (κ2) is 6.97. The normalized spacial score (nSPS) is 18.1. The minimum atomic E-state index is 0.107. The van der Waals surface area contributed by atoms with E-state index in [1.165, 1.54) is 0 Å². The number of aromatic hydroxyl groups is 1. The van der Waals surface area contributed by atoms with E-state index >= 15 is 0 Å². The Hall–Kier alpha value is -0.810. The molecule has 1 aromatic rings. The third-order valence-corrected chi connectivity index (χ3v) is 4.61. The third-order valence-electron chi connectivity index (χ3n) is 4.30. The fourth-order valence-corrected chi connectivity index (χ4v) is 2.92. The molecule has 21 heavy (non-hydrogen) atoms. The van der Waals surface area contributed by atoms with E-state index in [4.69, 9.17) is 11.6 Å². The van der Waals surface area contributed by atoms with Gasteiger partial charge in [0.2, 0.25) is 0 Å². The predicted octanol–water partition coefficient (Wildman–Crippen LogP) is 2.16. The van der Waals surface area contributed by atoms with Gasteiger partial charge in [-0.2, -0.15) is 0 Å². The van der Waals surface area contributed by atoms with E-state index < -0.39 is 0 Å². The number of halogens is 1. The molecule has 5 heteroatoms. The van der Waals surface area contributed by atoms with Crippen molar-refractivity contribution in [3.8, 4) is 5.75 Å². The van der Waals surface area contributed by atoms with Gasteiger partial charge in [0.25, 0.3) is 0 Å². The minimum Gasteiger partial charge on any atom is -0.506 e. The van der Waals surface area contributed by atoms with Gasteiger partial charge in [-0.05, 0) is 27.0 Å². The molecule has 2 N–H and O–H groups in total. The third kappa shape index (κ3) is 4.33. The number of hydrogen-bond acceptors (Lipinski definition) is 4. The summed E-state index contributed by atoms with van der Waals surface area (Å²) in [6, 6.07) is 5.47. The summed E-state index contributed by atoms with van der Waals surface area (Å²) in [7, 11) is 2.17. The number of nitrogens with one attached hydrogen (secondary N) is 1. The van der Waals surface area contributed by atoms with Crippen LogP contribution in [-0.4, -0.2) is 60.2 Å². The number of phenolic OH excluding ortho intramolecular Hbond substituents is 1. The molecule has 1 aliphatic rings. The van der Waals surface area contributed by atoms with Crippen LogP contribution in [0.3, 0.4) is 0 Å². The minimum absolute atomic E-state index is 0.107. The number of rotatable bonds is 5. The molecule has 0 unspecified atom stereocenters. The Bertz CT molecular complexity index is 471. The summed E-state index contributed by atoms with van der Waals surface area (Å²) in [5.41, 5.74) is 0.951. The first-order valence-electron chi connectivity index (χ1n) is 7.51. The highest BCUT2D eigenvalue weighted by atomic mass is 35.5. The molecule has 1 aliphatic heterocycles. The highest BCUT2D eigenvalue weighted by molar-refractivity contribution is 6.32. The SMILES string of the molecule is CN1CCN(C(C)(C)CNCc2cccc(Cl)c2O)CC1. The lowest BCUT2D eigenvalue weighted by atomic mass is 10.0. The Morgan fingerprint density at radius 1 is 1.24 bits per heavy atom. The molecule has 118 valence electrons. The summed E-state index contributed by atoms with van der Waals surface area (Å²) in [5.74, 6) is 0.184. The van der Waals surface area contributed by atoms with Crippen LogP contribution in [0, 0.1) is 0 Å². The van der Waals surface area contributed by atoms with Crippen molar-refractivity contribution in [1.29, 1.82) is 0 Å². The molecule has 0 aliphatic carbocycles. The molecule has 0 radical (unpaired) electrons. The van der Waals surface area contributed by atoms with Gasteiger partial charge in [0, 0.05) is 50.4 Å². The predicted molar refractivity (Wildman–Crippen MR) is 88.0 cm³/mol. The topological polar surface area (TPSA) is 38.7 Å². The lowest BCUT2D eigenvalue weighted by Gasteiger charge is -2.43. The Kier molecular flexibility index (Phi) is 5.49. The van der Waals surface area contributed by atoms with Crippen molar-refractivity contribution in [3.63, 3.8) is 0 Å². The van der Waals surface area contributed by atoms with Crippen molar-refractivity contribution in [1.82, 2.24) is 15.1 Å². The van der Waals surface area contributed by atoms with E-state index in [0.717, 1.165) is 38.3 Å². The summed E-state index contributed by atoms with van der Waals surface area (Å²) < 4.78 is 0. The molecule has 1 aromatic carbocycles. The van der Waals surface area contributed by atoms with Crippen molar-refractivity contribution in [3.05, 3.63) is 28.8 Å². The Morgan fingerprint density at radius 3 is 2.57 bits per heavy atom. The maximum absolute atomic E-state index is 9.92. The Labute approximate surface area is 132 Å². The van der Waals surface area contributed by atoms with Crippen LogP contribution < -0.4 is 5.32 Å². The monoisotopic (exact) mass is 311 g/mol. The summed E-state index contributed by atoms with van der Waals surface area (Å²) in [5, 5.41) is 13.8. The number of nitrogens with zero attached hydrogens (tertiary/aromatic N) is 2. The molecule has 0 atom stereocenters. The number of para-hydroxylation sites is 1. The molecule has 0 saturated carbocycles. The summed E-state index contributed by atoms with van der Waals surface area (Å²) in [4.78, 5) is 4.89. The van der Waals surface area contributed by atoms with Gasteiger partial charge in [0.15, 0.2) is 0 Å². The largest absolute Gasteiger partial charge is 0.506 e. The van der Waals surface area contributed by atoms with E-state index in [9.17, 15) is 5.11 Å². The van der Waals surface area contributed by atoms with Crippen LogP contribution in [0.25, 0.3) is 0 Å².